The van der Waals surface area contributed by atoms with Gasteiger partial charge in [-0.25, -0.2) is 18.0 Å². The second-order valence-electron chi connectivity index (χ2n) is 8.68. The van der Waals surface area contributed by atoms with Crippen LogP contribution in [-0.2, 0) is 0 Å². The van der Waals surface area contributed by atoms with Gasteiger partial charge in [-0.3, -0.25) is 0 Å². The summed E-state index contributed by atoms with van der Waals surface area (Å²) in [6, 6.07) is 16.4. The number of urea groups is 1. The number of hydrogen-bond acceptors (Lipinski definition) is 4. The zero-order valence-corrected chi connectivity index (χ0v) is 20.8. The van der Waals surface area contributed by atoms with Crippen molar-refractivity contribution in [2.45, 2.75) is 19.4 Å². The lowest BCUT2D eigenvalue weighted by atomic mass is 10.0. The standard InChI is InChI=1S/C27H24F3N5O.ClH/c1-2-20-16-34(13-14-35(20)27(36)31-24-12-11-19(29)15-23(24)30)26-22-6-4-3-5-21(22)25(32-33-26)17-7-9-18(28)10-8-17;/h3-12,15,20H,2,13-14,16H2,1H3,(H,31,36);1H. The molecule has 1 N–H and O–H groups in total. The third-order valence-corrected chi connectivity index (χ3v) is 6.47. The summed E-state index contributed by atoms with van der Waals surface area (Å²) in [5.74, 6) is -1.13. The maximum atomic E-state index is 14.0. The molecule has 0 radical (unpaired) electrons. The molecule has 1 aliphatic rings. The largest absolute Gasteiger partial charge is 0.351 e. The molecular formula is C27H25ClF3N5O. The van der Waals surface area contributed by atoms with Gasteiger partial charge in [0.05, 0.1) is 11.7 Å². The number of carbonyl (C=O) groups is 1. The number of amides is 2. The van der Waals surface area contributed by atoms with Crippen molar-refractivity contribution in [3.8, 4) is 11.3 Å². The summed E-state index contributed by atoms with van der Waals surface area (Å²) in [6.45, 7) is 3.39. The van der Waals surface area contributed by atoms with Gasteiger partial charge < -0.3 is 15.1 Å². The Morgan fingerprint density at radius 3 is 2.35 bits per heavy atom. The molecule has 37 heavy (non-hydrogen) atoms. The van der Waals surface area contributed by atoms with Gasteiger partial charge in [0.25, 0.3) is 0 Å². The van der Waals surface area contributed by atoms with Crippen LogP contribution in [0.2, 0.25) is 0 Å². The molecule has 1 aliphatic heterocycles. The number of aromatic nitrogens is 2. The topological polar surface area (TPSA) is 61.4 Å². The van der Waals surface area contributed by atoms with E-state index in [0.29, 0.717) is 37.6 Å². The van der Waals surface area contributed by atoms with Crippen LogP contribution in [0.4, 0.5) is 29.5 Å². The van der Waals surface area contributed by atoms with Crippen molar-refractivity contribution in [1.82, 2.24) is 15.1 Å². The first kappa shape index (κ1) is 26.2. The van der Waals surface area contributed by atoms with Gasteiger partial charge in [-0.1, -0.05) is 31.2 Å². The van der Waals surface area contributed by atoms with Crippen molar-refractivity contribution < 1.29 is 18.0 Å². The number of hydrogen-bond donors (Lipinski definition) is 1. The fraction of sp³-hybridized carbons (Fsp3) is 0.222. The minimum Gasteiger partial charge on any atom is -0.351 e. The van der Waals surface area contributed by atoms with E-state index in [2.05, 4.69) is 20.4 Å². The minimum atomic E-state index is -0.821. The molecular weight excluding hydrogens is 503 g/mol. The van der Waals surface area contributed by atoms with Crippen LogP contribution in [0.3, 0.4) is 0 Å². The predicted molar refractivity (Wildman–Crippen MR) is 141 cm³/mol. The lowest BCUT2D eigenvalue weighted by Gasteiger charge is -2.41. The Morgan fingerprint density at radius 1 is 0.946 bits per heavy atom. The first-order valence-corrected chi connectivity index (χ1v) is 11.7. The van der Waals surface area contributed by atoms with Gasteiger partial charge in [-0.2, -0.15) is 0 Å². The summed E-state index contributed by atoms with van der Waals surface area (Å²) >= 11 is 0. The quantitative estimate of drug-likeness (QED) is 0.340. The van der Waals surface area contributed by atoms with Crippen molar-refractivity contribution in [3.63, 3.8) is 0 Å². The highest BCUT2D eigenvalue weighted by molar-refractivity contribution is 6.00. The molecule has 6 nitrogen and oxygen atoms in total. The smallest absolute Gasteiger partial charge is 0.322 e. The summed E-state index contributed by atoms with van der Waals surface area (Å²) in [5.41, 5.74) is 1.38. The van der Waals surface area contributed by atoms with E-state index in [-0.39, 0.29) is 30.0 Å². The minimum absolute atomic E-state index is 0. The molecule has 192 valence electrons. The molecule has 1 aromatic heterocycles. The zero-order chi connectivity index (χ0) is 25.2. The Labute approximate surface area is 218 Å². The van der Waals surface area contributed by atoms with E-state index < -0.39 is 17.7 Å². The number of rotatable bonds is 4. The van der Waals surface area contributed by atoms with Crippen LogP contribution < -0.4 is 10.2 Å². The Kier molecular flexibility index (Phi) is 7.83. The van der Waals surface area contributed by atoms with E-state index in [0.717, 1.165) is 28.5 Å². The van der Waals surface area contributed by atoms with Crippen LogP contribution in [0.1, 0.15) is 13.3 Å². The number of carbonyl (C=O) groups excluding carboxylic acids is 1. The van der Waals surface area contributed by atoms with E-state index in [1.165, 1.54) is 18.2 Å². The van der Waals surface area contributed by atoms with Crippen molar-refractivity contribution in [1.29, 1.82) is 0 Å². The monoisotopic (exact) mass is 527 g/mol. The molecule has 4 aromatic rings. The molecule has 1 fully saturated rings. The van der Waals surface area contributed by atoms with Gasteiger partial charge in [0.2, 0.25) is 0 Å². The second-order valence-corrected chi connectivity index (χ2v) is 8.68. The van der Waals surface area contributed by atoms with E-state index in [4.69, 9.17) is 0 Å². The Bertz CT molecular complexity index is 1420. The zero-order valence-electron chi connectivity index (χ0n) is 20.0. The lowest BCUT2D eigenvalue weighted by Crippen LogP contribution is -2.56. The maximum Gasteiger partial charge on any atom is 0.322 e. The molecule has 0 saturated carbocycles. The highest BCUT2D eigenvalue weighted by Crippen LogP contribution is 2.32. The Hall–Kier alpha value is -3.85. The average Bonchev–Trinajstić information content (AvgIpc) is 2.90. The van der Waals surface area contributed by atoms with Crippen molar-refractivity contribution in [2.24, 2.45) is 0 Å². The van der Waals surface area contributed by atoms with Crippen molar-refractivity contribution >= 4 is 40.7 Å². The number of nitrogens with zero attached hydrogens (tertiary/aromatic N) is 4. The predicted octanol–water partition coefficient (Wildman–Crippen LogP) is 6.27. The summed E-state index contributed by atoms with van der Waals surface area (Å²) < 4.78 is 40.7. The molecule has 2 heterocycles. The molecule has 2 amide bonds. The normalized spacial score (nSPS) is 15.4. The fourth-order valence-corrected chi connectivity index (χ4v) is 4.59. The van der Waals surface area contributed by atoms with Gasteiger partial charge >= 0.3 is 6.03 Å². The second kappa shape index (κ2) is 11.0. The van der Waals surface area contributed by atoms with Gasteiger partial charge in [0.15, 0.2) is 5.82 Å². The van der Waals surface area contributed by atoms with Crippen LogP contribution in [-0.4, -0.2) is 46.8 Å². The molecule has 1 unspecified atom stereocenters. The SMILES string of the molecule is CCC1CN(c2nnc(-c3ccc(F)cc3)c3ccccc23)CCN1C(=O)Nc1ccc(F)cc1F.Cl. The van der Waals surface area contributed by atoms with Crippen molar-refractivity contribution in [3.05, 3.63) is 84.2 Å². The van der Waals surface area contributed by atoms with Gasteiger partial charge in [-0.05, 0) is 42.8 Å². The summed E-state index contributed by atoms with van der Waals surface area (Å²) in [7, 11) is 0. The Balaban J connectivity index is 0.00000320. The fourth-order valence-electron chi connectivity index (χ4n) is 4.59. The average molecular weight is 528 g/mol. The molecule has 1 atom stereocenters. The van der Waals surface area contributed by atoms with E-state index in [1.807, 2.05) is 31.2 Å². The van der Waals surface area contributed by atoms with Crippen LogP contribution in [0.25, 0.3) is 22.0 Å². The van der Waals surface area contributed by atoms with Gasteiger partial charge in [0.1, 0.15) is 23.1 Å². The molecule has 3 aromatic carbocycles. The molecule has 1 saturated heterocycles. The van der Waals surface area contributed by atoms with Crippen LogP contribution in [0.5, 0.6) is 0 Å². The van der Waals surface area contributed by atoms with Crippen LogP contribution in [0, 0.1) is 17.5 Å². The van der Waals surface area contributed by atoms with Crippen LogP contribution in [0.15, 0.2) is 66.7 Å². The number of piperazine rings is 1. The first-order chi connectivity index (χ1) is 17.4. The molecule has 0 bridgehead atoms. The number of benzene rings is 3. The van der Waals surface area contributed by atoms with E-state index in [1.54, 1.807) is 17.0 Å². The van der Waals surface area contributed by atoms with Gasteiger partial charge in [0, 0.05) is 42.0 Å². The van der Waals surface area contributed by atoms with E-state index >= 15 is 0 Å². The summed E-state index contributed by atoms with van der Waals surface area (Å²) in [4.78, 5) is 16.7. The van der Waals surface area contributed by atoms with E-state index in [9.17, 15) is 18.0 Å². The Morgan fingerprint density at radius 2 is 1.65 bits per heavy atom. The van der Waals surface area contributed by atoms with Gasteiger partial charge in [-0.15, -0.1) is 22.6 Å². The molecule has 0 spiro atoms. The first-order valence-electron chi connectivity index (χ1n) is 11.7. The highest BCUT2D eigenvalue weighted by atomic mass is 35.5. The number of anilines is 2. The highest BCUT2D eigenvalue weighted by Gasteiger charge is 2.31. The molecule has 5 rings (SSSR count). The number of fused-ring (bicyclic) bond motifs is 1. The third kappa shape index (κ3) is 5.32. The summed E-state index contributed by atoms with van der Waals surface area (Å²) in [6.07, 6.45) is 0.675. The van der Waals surface area contributed by atoms with Crippen molar-refractivity contribution in [2.75, 3.05) is 29.9 Å². The van der Waals surface area contributed by atoms with Crippen LogP contribution >= 0.6 is 12.4 Å². The third-order valence-electron chi connectivity index (χ3n) is 6.47. The number of halogens is 4. The molecule has 0 aliphatic carbocycles. The maximum absolute atomic E-state index is 14.0. The lowest BCUT2D eigenvalue weighted by molar-refractivity contribution is 0.176. The number of nitrogens with one attached hydrogen (secondary N) is 1. The molecule has 10 heteroatoms. The summed E-state index contributed by atoms with van der Waals surface area (Å²) in [5, 5.41) is 13.4.